The summed E-state index contributed by atoms with van der Waals surface area (Å²) < 4.78 is 123. The Balaban J connectivity index is 0.000000323. The molecule has 2 aromatic carbocycles. The van der Waals surface area contributed by atoms with E-state index >= 15 is 0 Å². The van der Waals surface area contributed by atoms with Gasteiger partial charge in [0.1, 0.15) is 11.5 Å². The number of alkyl halides is 6. The second kappa shape index (κ2) is 9.85. The second-order valence-electron chi connectivity index (χ2n) is 6.12. The van der Waals surface area contributed by atoms with Crippen LogP contribution in [0.15, 0.2) is 48.5 Å². The first-order valence-electron chi connectivity index (χ1n) is 8.22. The minimum atomic E-state index is -5.61. The number of para-hydroxylation sites is 1. The van der Waals surface area contributed by atoms with Crippen LogP contribution in [0.5, 0.6) is 11.5 Å². The normalized spacial score (nSPS) is 12.4. The lowest BCUT2D eigenvalue weighted by atomic mass is 10.2. The van der Waals surface area contributed by atoms with Gasteiger partial charge in [0.05, 0.1) is 0 Å². The van der Waals surface area contributed by atoms with Crippen LogP contribution in [0.4, 0.5) is 32.0 Å². The maximum atomic E-state index is 12.1. The average Bonchev–Trinajstić information content (AvgIpc) is 2.62. The van der Waals surface area contributed by atoms with Gasteiger partial charge in [-0.05, 0) is 30.7 Å². The third kappa shape index (κ3) is 7.47. The van der Waals surface area contributed by atoms with E-state index in [4.69, 9.17) is 0 Å². The fourth-order valence-corrected chi connectivity index (χ4v) is 2.77. The van der Waals surface area contributed by atoms with Crippen molar-refractivity contribution in [1.82, 2.24) is 0 Å². The zero-order chi connectivity index (χ0) is 25.0. The van der Waals surface area contributed by atoms with E-state index in [0.717, 1.165) is 12.1 Å². The molecule has 0 bridgehead atoms. The van der Waals surface area contributed by atoms with Crippen molar-refractivity contribution in [1.29, 1.82) is 0 Å². The number of hydrogen-bond donors (Lipinski definition) is 0. The van der Waals surface area contributed by atoms with Crippen LogP contribution in [-0.4, -0.2) is 41.9 Å². The molecule has 0 saturated heterocycles. The van der Waals surface area contributed by atoms with Crippen molar-refractivity contribution in [3.05, 3.63) is 54.1 Å². The molecular formula is C17H17F6NO6S2. The van der Waals surface area contributed by atoms with Gasteiger partial charge >= 0.3 is 31.3 Å². The minimum absolute atomic E-state index is 0.310. The summed E-state index contributed by atoms with van der Waals surface area (Å²) >= 11 is 0. The van der Waals surface area contributed by atoms with Crippen molar-refractivity contribution in [2.24, 2.45) is 0 Å². The predicted molar refractivity (Wildman–Crippen MR) is 103 cm³/mol. The lowest BCUT2D eigenvalue weighted by molar-refractivity contribution is -0.0504. The van der Waals surface area contributed by atoms with Gasteiger partial charge in [0.2, 0.25) is 0 Å². The lowest BCUT2D eigenvalue weighted by Gasteiger charge is -2.14. The number of aryl methyl sites for hydroxylation is 1. The van der Waals surface area contributed by atoms with Gasteiger partial charge in [-0.1, -0.05) is 24.3 Å². The summed E-state index contributed by atoms with van der Waals surface area (Å²) in [5, 5.41) is 0. The summed E-state index contributed by atoms with van der Waals surface area (Å²) in [7, 11) is -7.86. The minimum Gasteiger partial charge on any atom is -0.378 e. The van der Waals surface area contributed by atoms with E-state index in [2.05, 4.69) is 8.37 Å². The molecule has 0 fully saturated rings. The van der Waals surface area contributed by atoms with E-state index in [0.29, 0.717) is 11.3 Å². The van der Waals surface area contributed by atoms with Crippen molar-refractivity contribution in [3.63, 3.8) is 0 Å². The fraction of sp³-hybridized carbons (Fsp3) is 0.294. The quantitative estimate of drug-likeness (QED) is 0.339. The maximum absolute atomic E-state index is 12.1. The Labute approximate surface area is 180 Å². The van der Waals surface area contributed by atoms with Crippen LogP contribution in [0.3, 0.4) is 0 Å². The molecular weight excluding hydrogens is 492 g/mol. The van der Waals surface area contributed by atoms with Gasteiger partial charge < -0.3 is 13.3 Å². The molecule has 0 amide bonds. The Kier molecular flexibility index (Phi) is 8.42. The SMILES string of the molecule is CN(C)c1cccc(OS(=O)(=O)C(F)(F)F)c1.Cc1ccccc1OS(=O)(=O)C(F)(F)F. The molecule has 32 heavy (non-hydrogen) atoms. The molecule has 0 saturated carbocycles. The van der Waals surface area contributed by atoms with E-state index in [9.17, 15) is 43.2 Å². The van der Waals surface area contributed by atoms with Crippen LogP contribution in [0.25, 0.3) is 0 Å². The van der Waals surface area contributed by atoms with E-state index in [-0.39, 0.29) is 11.5 Å². The monoisotopic (exact) mass is 509 g/mol. The Morgan fingerprint density at radius 3 is 1.72 bits per heavy atom. The Morgan fingerprint density at radius 2 is 1.25 bits per heavy atom. The maximum Gasteiger partial charge on any atom is 0.534 e. The van der Waals surface area contributed by atoms with Crippen molar-refractivity contribution in [3.8, 4) is 11.5 Å². The van der Waals surface area contributed by atoms with Crippen LogP contribution in [-0.2, 0) is 20.2 Å². The summed E-state index contributed by atoms with van der Waals surface area (Å²) in [6, 6.07) is 10.9. The van der Waals surface area contributed by atoms with Gasteiger partial charge in [-0.3, -0.25) is 0 Å². The molecule has 0 N–H and O–H groups in total. The van der Waals surface area contributed by atoms with Gasteiger partial charge in [0.25, 0.3) is 0 Å². The van der Waals surface area contributed by atoms with Crippen LogP contribution < -0.4 is 13.3 Å². The lowest BCUT2D eigenvalue weighted by Crippen LogP contribution is -2.28. The van der Waals surface area contributed by atoms with E-state index in [1.54, 1.807) is 31.1 Å². The van der Waals surface area contributed by atoms with Crippen LogP contribution in [0.1, 0.15) is 5.56 Å². The molecule has 180 valence electrons. The molecule has 0 aliphatic heterocycles. The van der Waals surface area contributed by atoms with Crippen LogP contribution in [0.2, 0.25) is 0 Å². The highest BCUT2D eigenvalue weighted by atomic mass is 32.2. The Morgan fingerprint density at radius 1 is 0.750 bits per heavy atom. The molecule has 0 atom stereocenters. The van der Waals surface area contributed by atoms with E-state index in [1.165, 1.54) is 31.2 Å². The Hall–Kier alpha value is -2.68. The second-order valence-corrected chi connectivity index (χ2v) is 9.20. The molecule has 0 aromatic heterocycles. The summed E-state index contributed by atoms with van der Waals surface area (Å²) in [6.45, 7) is 1.45. The van der Waals surface area contributed by atoms with Crippen molar-refractivity contribution in [2.45, 2.75) is 17.9 Å². The zero-order valence-electron chi connectivity index (χ0n) is 16.6. The van der Waals surface area contributed by atoms with Gasteiger partial charge in [-0.15, -0.1) is 0 Å². The van der Waals surface area contributed by atoms with Gasteiger partial charge in [0.15, 0.2) is 0 Å². The third-order valence-corrected chi connectivity index (χ3v) is 5.34. The average molecular weight is 509 g/mol. The first kappa shape index (κ1) is 27.4. The summed E-state index contributed by atoms with van der Waals surface area (Å²) in [5.74, 6) is -0.705. The number of rotatable bonds is 5. The van der Waals surface area contributed by atoms with E-state index in [1.807, 2.05) is 0 Å². The molecule has 15 heteroatoms. The predicted octanol–water partition coefficient (Wildman–Crippen LogP) is 4.20. The number of nitrogens with zero attached hydrogens (tertiary/aromatic N) is 1. The standard InChI is InChI=1S/C9H10F3NO3S.C8H7F3O3S/c1-13(2)7-4-3-5-8(6-7)16-17(14,15)9(10,11)12;1-6-4-2-3-5-7(6)14-15(12,13)8(9,10)11/h3-6H,1-2H3;2-5H,1H3. The van der Waals surface area contributed by atoms with E-state index < -0.39 is 31.3 Å². The largest absolute Gasteiger partial charge is 0.534 e. The number of anilines is 1. The molecule has 0 radical (unpaired) electrons. The highest BCUT2D eigenvalue weighted by Gasteiger charge is 2.49. The number of halogens is 6. The number of hydrogen-bond acceptors (Lipinski definition) is 7. The van der Waals surface area contributed by atoms with Crippen LogP contribution >= 0.6 is 0 Å². The van der Waals surface area contributed by atoms with Crippen molar-refractivity contribution in [2.75, 3.05) is 19.0 Å². The fourth-order valence-electron chi connectivity index (χ4n) is 1.80. The summed E-state index contributed by atoms with van der Waals surface area (Å²) in [4.78, 5) is 1.60. The molecule has 7 nitrogen and oxygen atoms in total. The molecule has 0 aliphatic carbocycles. The van der Waals surface area contributed by atoms with Gasteiger partial charge in [-0.25, -0.2) is 0 Å². The highest BCUT2D eigenvalue weighted by molar-refractivity contribution is 7.88. The molecule has 2 aromatic rings. The molecule has 0 heterocycles. The molecule has 2 rings (SSSR count). The zero-order valence-corrected chi connectivity index (χ0v) is 18.2. The summed E-state index contributed by atoms with van der Waals surface area (Å²) in [5.41, 5.74) is -10.00. The van der Waals surface area contributed by atoms with Crippen molar-refractivity contribution < 1.29 is 51.5 Å². The highest BCUT2D eigenvalue weighted by Crippen LogP contribution is 2.29. The smallest absolute Gasteiger partial charge is 0.378 e. The topological polar surface area (TPSA) is 90.0 Å². The molecule has 0 aliphatic rings. The first-order valence-corrected chi connectivity index (χ1v) is 11.0. The van der Waals surface area contributed by atoms with Crippen LogP contribution in [0, 0.1) is 6.92 Å². The third-order valence-electron chi connectivity index (χ3n) is 3.40. The summed E-state index contributed by atoms with van der Waals surface area (Å²) in [6.07, 6.45) is 0. The Bertz CT molecular complexity index is 1130. The molecule has 0 spiro atoms. The van der Waals surface area contributed by atoms with Gasteiger partial charge in [-0.2, -0.15) is 43.2 Å². The first-order chi connectivity index (χ1) is 14.4. The molecule has 0 unspecified atom stereocenters. The number of benzene rings is 2. The van der Waals surface area contributed by atoms with Gasteiger partial charge in [0, 0.05) is 25.8 Å². The van der Waals surface area contributed by atoms with Crippen molar-refractivity contribution >= 4 is 25.9 Å².